The quantitative estimate of drug-likeness (QED) is 0.812. The second-order valence-corrected chi connectivity index (χ2v) is 12.0. The fourth-order valence-corrected chi connectivity index (χ4v) is 9.50. The van der Waals surface area contributed by atoms with Gasteiger partial charge in [-0.1, -0.05) is 31.7 Å². The SMILES string of the molecule is O=S1(=O)CC(NC2CCCCCC2)C(S(=O)(=O)c2cccs2)C1. The van der Waals surface area contributed by atoms with E-state index in [-0.39, 0.29) is 21.8 Å². The molecule has 1 aromatic rings. The molecule has 3 rings (SSSR count). The number of nitrogens with one attached hydrogen (secondary N) is 1. The Labute approximate surface area is 142 Å². The maximum absolute atomic E-state index is 12.8. The highest BCUT2D eigenvalue weighted by Crippen LogP contribution is 2.29. The highest BCUT2D eigenvalue weighted by molar-refractivity contribution is 7.97. The summed E-state index contributed by atoms with van der Waals surface area (Å²) in [5, 5.41) is 4.22. The molecule has 2 heterocycles. The van der Waals surface area contributed by atoms with Crippen molar-refractivity contribution in [2.24, 2.45) is 0 Å². The van der Waals surface area contributed by atoms with E-state index in [0.29, 0.717) is 0 Å². The van der Waals surface area contributed by atoms with Gasteiger partial charge in [0.05, 0.1) is 16.8 Å². The lowest BCUT2D eigenvalue weighted by Crippen LogP contribution is -2.47. The summed E-state index contributed by atoms with van der Waals surface area (Å²) >= 11 is 1.16. The lowest BCUT2D eigenvalue weighted by atomic mass is 10.1. The van der Waals surface area contributed by atoms with E-state index in [9.17, 15) is 16.8 Å². The Bertz CT molecular complexity index is 717. The first kappa shape index (κ1) is 17.4. The van der Waals surface area contributed by atoms with Crippen molar-refractivity contribution in [1.29, 1.82) is 0 Å². The van der Waals surface area contributed by atoms with Gasteiger partial charge < -0.3 is 5.32 Å². The Balaban J connectivity index is 1.82. The predicted molar refractivity (Wildman–Crippen MR) is 92.4 cm³/mol. The molecule has 1 saturated carbocycles. The minimum absolute atomic E-state index is 0.0707. The molecule has 2 unspecified atom stereocenters. The van der Waals surface area contributed by atoms with Crippen molar-refractivity contribution in [2.75, 3.05) is 11.5 Å². The molecule has 1 saturated heterocycles. The van der Waals surface area contributed by atoms with E-state index in [1.165, 1.54) is 12.8 Å². The first-order chi connectivity index (χ1) is 10.9. The molecule has 1 N–H and O–H groups in total. The molecule has 2 fully saturated rings. The van der Waals surface area contributed by atoms with Crippen molar-refractivity contribution in [3.63, 3.8) is 0 Å². The summed E-state index contributed by atoms with van der Waals surface area (Å²) in [4.78, 5) is 0. The fourth-order valence-electron chi connectivity index (χ4n) is 3.60. The lowest BCUT2D eigenvalue weighted by molar-refractivity contribution is 0.409. The van der Waals surface area contributed by atoms with Gasteiger partial charge in [0.1, 0.15) is 4.21 Å². The van der Waals surface area contributed by atoms with E-state index in [4.69, 9.17) is 0 Å². The van der Waals surface area contributed by atoms with Crippen LogP contribution in [0.15, 0.2) is 21.7 Å². The Kier molecular flexibility index (Phi) is 5.15. The van der Waals surface area contributed by atoms with Crippen LogP contribution >= 0.6 is 11.3 Å². The van der Waals surface area contributed by atoms with Gasteiger partial charge in [0.2, 0.25) is 0 Å². The summed E-state index contributed by atoms with van der Waals surface area (Å²) in [7, 11) is -6.91. The summed E-state index contributed by atoms with van der Waals surface area (Å²) in [5.41, 5.74) is 0. The molecule has 0 aromatic carbocycles. The van der Waals surface area contributed by atoms with E-state index in [1.54, 1.807) is 17.5 Å². The molecule has 0 bridgehead atoms. The van der Waals surface area contributed by atoms with E-state index < -0.39 is 31.0 Å². The minimum atomic E-state index is -3.60. The van der Waals surface area contributed by atoms with Crippen molar-refractivity contribution in [3.8, 4) is 0 Å². The molecule has 0 spiro atoms. The van der Waals surface area contributed by atoms with Crippen LogP contribution in [-0.4, -0.2) is 45.7 Å². The van der Waals surface area contributed by atoms with Crippen LogP contribution < -0.4 is 5.32 Å². The summed E-state index contributed by atoms with van der Waals surface area (Å²) in [6, 6.07) is 2.99. The first-order valence-electron chi connectivity index (χ1n) is 8.12. The van der Waals surface area contributed by atoms with Crippen LogP contribution in [-0.2, 0) is 19.7 Å². The monoisotopic (exact) mass is 377 g/mol. The molecule has 0 amide bonds. The molecule has 2 aliphatic rings. The van der Waals surface area contributed by atoms with E-state index in [0.717, 1.165) is 37.0 Å². The Morgan fingerprint density at radius 1 is 1.09 bits per heavy atom. The second kappa shape index (κ2) is 6.82. The van der Waals surface area contributed by atoms with Crippen LogP contribution in [0.1, 0.15) is 38.5 Å². The molecule has 0 radical (unpaired) electrons. The predicted octanol–water partition coefficient (Wildman–Crippen LogP) is 2.00. The first-order valence-corrected chi connectivity index (χ1v) is 12.4. The van der Waals surface area contributed by atoms with Crippen molar-refractivity contribution >= 4 is 31.0 Å². The van der Waals surface area contributed by atoms with Crippen LogP contribution in [0.25, 0.3) is 0 Å². The molecule has 8 heteroatoms. The maximum atomic E-state index is 12.8. The third-order valence-electron chi connectivity index (χ3n) is 4.78. The minimum Gasteiger partial charge on any atom is -0.309 e. The average molecular weight is 378 g/mol. The number of thiophene rings is 1. The number of hydrogen-bond acceptors (Lipinski definition) is 6. The van der Waals surface area contributed by atoms with Crippen LogP contribution in [0.3, 0.4) is 0 Å². The zero-order chi connectivity index (χ0) is 16.5. The van der Waals surface area contributed by atoms with Gasteiger partial charge in [0, 0.05) is 12.1 Å². The fraction of sp³-hybridized carbons (Fsp3) is 0.733. The molecular formula is C15H23NO4S3. The number of hydrogen-bond donors (Lipinski definition) is 1. The summed E-state index contributed by atoms with van der Waals surface area (Å²) in [6.45, 7) is 0. The Morgan fingerprint density at radius 2 is 1.78 bits per heavy atom. The molecular weight excluding hydrogens is 354 g/mol. The van der Waals surface area contributed by atoms with Gasteiger partial charge in [0.25, 0.3) is 0 Å². The Hall–Kier alpha value is -0.440. The summed E-state index contributed by atoms with van der Waals surface area (Å²) in [5.74, 6) is -0.337. The third-order valence-corrected chi connectivity index (χ3v) is 10.4. The third kappa shape index (κ3) is 3.97. The van der Waals surface area contributed by atoms with Gasteiger partial charge in [-0.25, -0.2) is 16.8 Å². The molecule has 1 aromatic heterocycles. The number of rotatable bonds is 4. The molecule has 23 heavy (non-hydrogen) atoms. The van der Waals surface area contributed by atoms with Crippen molar-refractivity contribution in [3.05, 3.63) is 17.5 Å². The molecule has 1 aliphatic heterocycles. The van der Waals surface area contributed by atoms with E-state index in [1.807, 2.05) is 0 Å². The van der Waals surface area contributed by atoms with Gasteiger partial charge >= 0.3 is 0 Å². The van der Waals surface area contributed by atoms with E-state index >= 15 is 0 Å². The van der Waals surface area contributed by atoms with Crippen molar-refractivity contribution in [2.45, 2.75) is 60.1 Å². The molecule has 1 aliphatic carbocycles. The van der Waals surface area contributed by atoms with E-state index in [2.05, 4.69) is 5.32 Å². The molecule has 5 nitrogen and oxygen atoms in total. The summed E-state index contributed by atoms with van der Waals surface area (Å²) < 4.78 is 50.0. The van der Waals surface area contributed by atoms with Gasteiger partial charge in [0.15, 0.2) is 19.7 Å². The van der Waals surface area contributed by atoms with Crippen molar-refractivity contribution in [1.82, 2.24) is 5.32 Å². The van der Waals surface area contributed by atoms with Crippen LogP contribution in [0.5, 0.6) is 0 Å². The Morgan fingerprint density at radius 3 is 2.39 bits per heavy atom. The maximum Gasteiger partial charge on any atom is 0.193 e. The van der Waals surface area contributed by atoms with Crippen LogP contribution in [0.4, 0.5) is 0 Å². The zero-order valence-corrected chi connectivity index (χ0v) is 15.4. The summed E-state index contributed by atoms with van der Waals surface area (Å²) in [6.07, 6.45) is 6.67. The van der Waals surface area contributed by atoms with Crippen molar-refractivity contribution < 1.29 is 16.8 Å². The average Bonchev–Trinajstić information content (AvgIpc) is 3.03. The topological polar surface area (TPSA) is 80.3 Å². The van der Waals surface area contributed by atoms with Crippen LogP contribution in [0.2, 0.25) is 0 Å². The van der Waals surface area contributed by atoms with Gasteiger partial charge in [-0.15, -0.1) is 11.3 Å². The molecule has 2 atom stereocenters. The highest BCUT2D eigenvalue weighted by atomic mass is 32.2. The normalized spacial score (nSPS) is 29.4. The second-order valence-electron chi connectivity index (χ2n) is 6.55. The largest absolute Gasteiger partial charge is 0.309 e. The molecule has 130 valence electrons. The van der Waals surface area contributed by atoms with Crippen LogP contribution in [0, 0.1) is 0 Å². The number of sulfone groups is 2. The highest BCUT2D eigenvalue weighted by Gasteiger charge is 2.46. The van der Waals surface area contributed by atoms with Gasteiger partial charge in [-0.2, -0.15) is 0 Å². The van der Waals surface area contributed by atoms with Gasteiger partial charge in [-0.3, -0.25) is 0 Å². The smallest absolute Gasteiger partial charge is 0.193 e. The lowest BCUT2D eigenvalue weighted by Gasteiger charge is -2.25. The standard InChI is InChI=1S/C15H23NO4S3/c17-22(18)10-13(16-12-6-3-1-2-4-7-12)14(11-22)23(19,20)15-8-5-9-21-15/h5,8-9,12-14,16H,1-4,6-7,10-11H2. The zero-order valence-electron chi connectivity index (χ0n) is 13.0. The van der Waals surface area contributed by atoms with Gasteiger partial charge in [-0.05, 0) is 24.3 Å².